The van der Waals surface area contributed by atoms with Crippen molar-refractivity contribution in [1.82, 2.24) is 4.90 Å². The minimum absolute atomic E-state index is 0.355. The summed E-state index contributed by atoms with van der Waals surface area (Å²) in [5.74, 6) is -0.355. The molecule has 102 valence electrons. The van der Waals surface area contributed by atoms with Crippen molar-refractivity contribution < 1.29 is 18.7 Å². The lowest BCUT2D eigenvalue weighted by Gasteiger charge is -2.14. The van der Waals surface area contributed by atoms with E-state index in [2.05, 4.69) is 10.1 Å². The number of benzene rings is 1. The minimum Gasteiger partial charge on any atom is -0.359 e. The Labute approximate surface area is 110 Å². The minimum atomic E-state index is -0.858. The van der Waals surface area contributed by atoms with Crippen LogP contribution < -0.4 is 5.32 Å². The highest BCUT2D eigenvalue weighted by molar-refractivity contribution is 5.92. The van der Waals surface area contributed by atoms with Gasteiger partial charge in [0.2, 0.25) is 0 Å². The normalized spacial score (nSPS) is 14.3. The lowest BCUT2D eigenvalue weighted by Crippen LogP contribution is -2.31. The van der Waals surface area contributed by atoms with Gasteiger partial charge in [0, 0.05) is 18.8 Å². The van der Waals surface area contributed by atoms with Crippen molar-refractivity contribution in [2.24, 2.45) is 0 Å². The number of aryl methyl sites for hydroxylation is 1. The summed E-state index contributed by atoms with van der Waals surface area (Å²) >= 11 is 0. The lowest BCUT2D eigenvalue weighted by atomic mass is 10.2. The van der Waals surface area contributed by atoms with E-state index >= 15 is 0 Å². The number of likely N-dealkylation sites (tertiary alicyclic amines) is 1. The Morgan fingerprint density at radius 2 is 2.00 bits per heavy atom. The van der Waals surface area contributed by atoms with Crippen LogP contribution in [0.25, 0.3) is 0 Å². The van der Waals surface area contributed by atoms with Crippen molar-refractivity contribution in [3.05, 3.63) is 29.6 Å². The molecule has 2 rings (SSSR count). The molecule has 1 aromatic rings. The molecule has 6 heteroatoms. The molecule has 1 saturated heterocycles. The SMILES string of the molecule is Cc1cc(NC(=O)OC(=O)N2CCCC2)ccc1F. The standard InChI is InChI=1S/C13H15FN2O3/c1-9-8-10(4-5-11(9)14)15-12(17)19-13(18)16-6-2-3-7-16/h4-5,8H,2-3,6-7H2,1H3,(H,15,17). The van der Waals surface area contributed by atoms with E-state index in [1.807, 2.05) is 0 Å². The largest absolute Gasteiger partial charge is 0.420 e. The molecule has 1 heterocycles. The molecule has 0 aliphatic carbocycles. The van der Waals surface area contributed by atoms with Gasteiger partial charge in [0.15, 0.2) is 0 Å². The van der Waals surface area contributed by atoms with Gasteiger partial charge in [-0.2, -0.15) is 0 Å². The number of hydrogen-bond acceptors (Lipinski definition) is 3. The Balaban J connectivity index is 1.89. The van der Waals surface area contributed by atoms with Gasteiger partial charge in [-0.1, -0.05) is 0 Å². The smallest absolute Gasteiger partial charge is 0.359 e. The van der Waals surface area contributed by atoms with Crippen LogP contribution in [0.5, 0.6) is 0 Å². The molecular weight excluding hydrogens is 251 g/mol. The van der Waals surface area contributed by atoms with Gasteiger partial charge in [-0.05, 0) is 43.5 Å². The Kier molecular flexibility index (Phi) is 3.99. The summed E-state index contributed by atoms with van der Waals surface area (Å²) in [6, 6.07) is 4.12. The molecule has 1 aliphatic rings. The molecule has 1 aliphatic heterocycles. The predicted molar refractivity (Wildman–Crippen MR) is 67.4 cm³/mol. The van der Waals surface area contributed by atoms with Crippen molar-refractivity contribution in [2.45, 2.75) is 19.8 Å². The Bertz CT molecular complexity index is 499. The molecule has 0 atom stereocenters. The highest BCUT2D eigenvalue weighted by atomic mass is 19.1. The number of amides is 2. The number of nitrogens with zero attached hydrogens (tertiary/aromatic N) is 1. The first kappa shape index (κ1) is 13.3. The number of nitrogens with one attached hydrogen (secondary N) is 1. The number of ether oxygens (including phenoxy) is 1. The maximum Gasteiger partial charge on any atom is 0.420 e. The average Bonchev–Trinajstić information content (AvgIpc) is 2.87. The van der Waals surface area contributed by atoms with Crippen LogP contribution in [-0.2, 0) is 4.74 Å². The van der Waals surface area contributed by atoms with E-state index in [9.17, 15) is 14.0 Å². The summed E-state index contributed by atoms with van der Waals surface area (Å²) in [4.78, 5) is 24.5. The van der Waals surface area contributed by atoms with Gasteiger partial charge < -0.3 is 9.64 Å². The summed E-state index contributed by atoms with van der Waals surface area (Å²) in [6.07, 6.45) is 0.346. The molecule has 2 amide bonds. The second kappa shape index (κ2) is 5.69. The Morgan fingerprint density at radius 1 is 1.32 bits per heavy atom. The number of carbonyl (C=O) groups excluding carboxylic acids is 2. The summed E-state index contributed by atoms with van der Waals surface area (Å²) < 4.78 is 17.7. The Hall–Kier alpha value is -2.11. The number of rotatable bonds is 1. The molecule has 0 saturated carbocycles. The average molecular weight is 266 g/mol. The third-order valence-electron chi connectivity index (χ3n) is 2.95. The molecule has 0 radical (unpaired) electrons. The maximum atomic E-state index is 13.0. The lowest BCUT2D eigenvalue weighted by molar-refractivity contribution is 0.132. The zero-order valence-corrected chi connectivity index (χ0v) is 10.6. The van der Waals surface area contributed by atoms with Gasteiger partial charge in [0.1, 0.15) is 5.82 Å². The zero-order chi connectivity index (χ0) is 13.8. The molecule has 1 aromatic carbocycles. The van der Waals surface area contributed by atoms with Gasteiger partial charge in [-0.25, -0.2) is 14.0 Å². The quantitative estimate of drug-likeness (QED) is 0.795. The summed E-state index contributed by atoms with van der Waals surface area (Å²) in [6.45, 7) is 2.81. The van der Waals surface area contributed by atoms with E-state index in [1.165, 1.54) is 23.1 Å². The summed E-state index contributed by atoms with van der Waals surface area (Å²) in [7, 11) is 0. The van der Waals surface area contributed by atoms with E-state index in [0.29, 0.717) is 24.3 Å². The van der Waals surface area contributed by atoms with Crippen LogP contribution >= 0.6 is 0 Å². The number of carbonyl (C=O) groups is 2. The van der Waals surface area contributed by atoms with Crippen LogP contribution in [-0.4, -0.2) is 30.2 Å². The number of anilines is 1. The van der Waals surface area contributed by atoms with Crippen LogP contribution in [0.1, 0.15) is 18.4 Å². The second-order valence-electron chi connectivity index (χ2n) is 4.44. The topological polar surface area (TPSA) is 58.6 Å². The first-order valence-corrected chi connectivity index (χ1v) is 6.10. The molecule has 0 spiro atoms. The molecule has 5 nitrogen and oxygen atoms in total. The molecule has 19 heavy (non-hydrogen) atoms. The fraction of sp³-hybridized carbons (Fsp3) is 0.385. The van der Waals surface area contributed by atoms with E-state index in [1.54, 1.807) is 6.92 Å². The number of halogens is 1. The van der Waals surface area contributed by atoms with Crippen LogP contribution in [0.4, 0.5) is 19.7 Å². The monoisotopic (exact) mass is 266 g/mol. The third-order valence-corrected chi connectivity index (χ3v) is 2.95. The fourth-order valence-corrected chi connectivity index (χ4v) is 1.91. The van der Waals surface area contributed by atoms with Gasteiger partial charge in [0.05, 0.1) is 0 Å². The summed E-state index contributed by atoms with van der Waals surface area (Å²) in [5, 5.41) is 2.39. The number of hydrogen-bond donors (Lipinski definition) is 1. The summed E-state index contributed by atoms with van der Waals surface area (Å²) in [5.41, 5.74) is 0.793. The molecule has 1 N–H and O–H groups in total. The van der Waals surface area contributed by atoms with Crippen LogP contribution in [0.2, 0.25) is 0 Å². The highest BCUT2D eigenvalue weighted by Crippen LogP contribution is 2.14. The van der Waals surface area contributed by atoms with Crippen molar-refractivity contribution in [3.8, 4) is 0 Å². The Morgan fingerprint density at radius 3 is 2.63 bits per heavy atom. The first-order valence-electron chi connectivity index (χ1n) is 6.10. The molecule has 0 unspecified atom stereocenters. The van der Waals surface area contributed by atoms with E-state index in [4.69, 9.17) is 0 Å². The van der Waals surface area contributed by atoms with Gasteiger partial charge >= 0.3 is 12.2 Å². The molecule has 0 bridgehead atoms. The first-order chi connectivity index (χ1) is 9.06. The fourth-order valence-electron chi connectivity index (χ4n) is 1.91. The molecular formula is C13H15FN2O3. The van der Waals surface area contributed by atoms with Crippen molar-refractivity contribution in [1.29, 1.82) is 0 Å². The van der Waals surface area contributed by atoms with Gasteiger partial charge in [-0.3, -0.25) is 5.32 Å². The zero-order valence-electron chi connectivity index (χ0n) is 10.6. The van der Waals surface area contributed by atoms with Gasteiger partial charge in [0.25, 0.3) is 0 Å². The van der Waals surface area contributed by atoms with E-state index in [0.717, 1.165) is 12.8 Å². The van der Waals surface area contributed by atoms with Crippen LogP contribution in [0.15, 0.2) is 18.2 Å². The van der Waals surface area contributed by atoms with Crippen molar-refractivity contribution in [2.75, 3.05) is 18.4 Å². The molecule has 0 aromatic heterocycles. The predicted octanol–water partition coefficient (Wildman–Crippen LogP) is 2.90. The van der Waals surface area contributed by atoms with Gasteiger partial charge in [-0.15, -0.1) is 0 Å². The van der Waals surface area contributed by atoms with Crippen molar-refractivity contribution >= 4 is 17.9 Å². The third kappa shape index (κ3) is 3.43. The maximum absolute atomic E-state index is 13.0. The van der Waals surface area contributed by atoms with Crippen molar-refractivity contribution in [3.63, 3.8) is 0 Å². The highest BCUT2D eigenvalue weighted by Gasteiger charge is 2.21. The molecule has 1 fully saturated rings. The second-order valence-corrected chi connectivity index (χ2v) is 4.44. The van der Waals surface area contributed by atoms with E-state index < -0.39 is 12.2 Å². The van der Waals surface area contributed by atoms with Crippen LogP contribution in [0.3, 0.4) is 0 Å². The van der Waals surface area contributed by atoms with Crippen LogP contribution in [0, 0.1) is 12.7 Å². The van der Waals surface area contributed by atoms with E-state index in [-0.39, 0.29) is 5.82 Å².